The molecule has 1 aromatic heterocycles. The molecule has 1 amide bonds. The zero-order valence-electron chi connectivity index (χ0n) is 11.3. The third-order valence-corrected chi connectivity index (χ3v) is 3.09. The van der Waals surface area contributed by atoms with Crippen LogP contribution in [-0.2, 0) is 0 Å². The Hall–Kier alpha value is -1.52. The van der Waals surface area contributed by atoms with Crippen molar-refractivity contribution in [2.45, 2.75) is 39.0 Å². The van der Waals surface area contributed by atoms with Gasteiger partial charge in [-0.25, -0.2) is 9.36 Å². The minimum absolute atomic E-state index is 0.160. The summed E-state index contributed by atoms with van der Waals surface area (Å²) in [4.78, 5) is 16.3. The number of hydrogen-bond donors (Lipinski definition) is 1. The lowest BCUT2D eigenvalue weighted by molar-refractivity contribution is 0.237. The maximum atomic E-state index is 12.0. The molecule has 18 heavy (non-hydrogen) atoms. The number of carbonyl (C=O) groups excluding carboxylic acids is 1. The number of hydrogen-bond acceptors (Lipinski definition) is 3. The molecule has 5 nitrogen and oxygen atoms in total. The monoisotopic (exact) mass is 251 g/mol. The van der Waals surface area contributed by atoms with Crippen molar-refractivity contribution in [3.05, 3.63) is 11.9 Å². The van der Waals surface area contributed by atoms with Gasteiger partial charge in [-0.1, -0.05) is 13.8 Å². The maximum Gasteiger partial charge on any atom is 0.329 e. The molecule has 1 aliphatic rings. The molecule has 1 saturated carbocycles. The van der Waals surface area contributed by atoms with Gasteiger partial charge in [-0.15, -0.1) is 0 Å². The largest absolute Gasteiger partial charge is 0.468 e. The van der Waals surface area contributed by atoms with E-state index in [1.165, 1.54) is 11.7 Å². The molecule has 0 unspecified atom stereocenters. The molecule has 5 heteroatoms. The standard InChI is InChI=1S/C13H21N3O2/c1-9(2)6-7-14-12(17)16-8-11(10-4-5-10)15-13(16)18-3/h8-10H,4-7H2,1-3H3,(H,14,17). The fourth-order valence-electron chi connectivity index (χ4n) is 1.80. The molecule has 0 radical (unpaired) electrons. The van der Waals surface area contributed by atoms with Gasteiger partial charge in [0.1, 0.15) is 0 Å². The molecule has 0 atom stereocenters. The molecule has 1 heterocycles. The summed E-state index contributed by atoms with van der Waals surface area (Å²) in [5.74, 6) is 1.10. The van der Waals surface area contributed by atoms with Crippen LogP contribution in [0.3, 0.4) is 0 Å². The van der Waals surface area contributed by atoms with E-state index in [-0.39, 0.29) is 6.03 Å². The van der Waals surface area contributed by atoms with Crippen molar-refractivity contribution in [2.75, 3.05) is 13.7 Å². The van der Waals surface area contributed by atoms with E-state index in [2.05, 4.69) is 24.1 Å². The topological polar surface area (TPSA) is 56.2 Å². The summed E-state index contributed by atoms with van der Waals surface area (Å²) in [5, 5.41) is 2.88. The Kier molecular flexibility index (Phi) is 3.89. The molecular weight excluding hydrogens is 230 g/mol. The van der Waals surface area contributed by atoms with E-state index in [4.69, 9.17) is 4.74 Å². The van der Waals surface area contributed by atoms with Crippen LogP contribution in [0.4, 0.5) is 4.79 Å². The summed E-state index contributed by atoms with van der Waals surface area (Å²) in [7, 11) is 1.54. The van der Waals surface area contributed by atoms with Gasteiger partial charge >= 0.3 is 12.0 Å². The van der Waals surface area contributed by atoms with Crippen molar-refractivity contribution in [3.63, 3.8) is 0 Å². The van der Waals surface area contributed by atoms with E-state index in [0.29, 0.717) is 24.4 Å². The van der Waals surface area contributed by atoms with E-state index in [9.17, 15) is 4.79 Å². The average molecular weight is 251 g/mol. The number of nitrogens with one attached hydrogen (secondary N) is 1. The van der Waals surface area contributed by atoms with Crippen LogP contribution >= 0.6 is 0 Å². The van der Waals surface area contributed by atoms with E-state index in [1.54, 1.807) is 6.20 Å². The van der Waals surface area contributed by atoms with E-state index < -0.39 is 0 Å². The summed E-state index contributed by atoms with van der Waals surface area (Å²) >= 11 is 0. The molecule has 1 fully saturated rings. The Bertz CT molecular complexity index is 422. The van der Waals surface area contributed by atoms with Crippen LogP contribution in [0.2, 0.25) is 0 Å². The molecule has 2 rings (SSSR count). The summed E-state index contributed by atoms with van der Waals surface area (Å²) in [6.45, 7) is 4.95. The first-order chi connectivity index (χ1) is 8.61. The van der Waals surface area contributed by atoms with Crippen molar-refractivity contribution in [1.29, 1.82) is 0 Å². The van der Waals surface area contributed by atoms with Crippen LogP contribution in [-0.4, -0.2) is 29.2 Å². The van der Waals surface area contributed by atoms with Gasteiger partial charge in [0.2, 0.25) is 0 Å². The molecule has 1 aromatic rings. The number of methoxy groups -OCH3 is 1. The number of ether oxygens (including phenoxy) is 1. The number of rotatable bonds is 5. The number of aromatic nitrogens is 2. The zero-order valence-corrected chi connectivity index (χ0v) is 11.3. The molecule has 0 bridgehead atoms. The predicted molar refractivity (Wildman–Crippen MR) is 69.0 cm³/mol. The highest BCUT2D eigenvalue weighted by Gasteiger charge is 2.28. The first-order valence-electron chi connectivity index (χ1n) is 6.53. The summed E-state index contributed by atoms with van der Waals surface area (Å²) in [6, 6.07) is 0.214. The first kappa shape index (κ1) is 12.9. The van der Waals surface area contributed by atoms with Crippen molar-refractivity contribution in [2.24, 2.45) is 5.92 Å². The summed E-state index contributed by atoms with van der Waals surface area (Å²) in [5.41, 5.74) is 0.964. The minimum Gasteiger partial charge on any atom is -0.468 e. The predicted octanol–water partition coefficient (Wildman–Crippen LogP) is 2.37. The Balaban J connectivity index is 1.99. The maximum absolute atomic E-state index is 12.0. The van der Waals surface area contributed by atoms with Gasteiger partial charge in [-0.2, -0.15) is 4.98 Å². The van der Waals surface area contributed by atoms with E-state index in [1.807, 2.05) is 0 Å². The molecule has 0 saturated heterocycles. The lowest BCUT2D eigenvalue weighted by atomic mass is 10.1. The highest BCUT2D eigenvalue weighted by Crippen LogP contribution is 2.40. The van der Waals surface area contributed by atoms with Crippen molar-refractivity contribution in [1.82, 2.24) is 14.9 Å². The smallest absolute Gasteiger partial charge is 0.329 e. The second kappa shape index (κ2) is 5.42. The average Bonchev–Trinajstić information content (AvgIpc) is 3.08. The van der Waals surface area contributed by atoms with Gasteiger partial charge in [-0.3, -0.25) is 0 Å². The van der Waals surface area contributed by atoms with Gasteiger partial charge in [-0.05, 0) is 25.2 Å². The van der Waals surface area contributed by atoms with E-state index >= 15 is 0 Å². The lowest BCUT2D eigenvalue weighted by Gasteiger charge is -2.08. The zero-order chi connectivity index (χ0) is 13.1. The van der Waals surface area contributed by atoms with Crippen molar-refractivity contribution < 1.29 is 9.53 Å². The van der Waals surface area contributed by atoms with Crippen LogP contribution in [0.1, 0.15) is 44.7 Å². The van der Waals surface area contributed by atoms with Crippen molar-refractivity contribution in [3.8, 4) is 6.01 Å². The van der Waals surface area contributed by atoms with Crippen LogP contribution in [0, 0.1) is 5.92 Å². The number of amides is 1. The first-order valence-corrected chi connectivity index (χ1v) is 6.53. The molecular formula is C13H21N3O2. The van der Waals surface area contributed by atoms with Gasteiger partial charge in [0.05, 0.1) is 12.8 Å². The van der Waals surface area contributed by atoms with Gasteiger partial charge in [0.25, 0.3) is 0 Å². The molecule has 1 N–H and O–H groups in total. The Morgan fingerprint density at radius 1 is 1.61 bits per heavy atom. The molecule has 100 valence electrons. The van der Waals surface area contributed by atoms with Crippen LogP contribution in [0.5, 0.6) is 6.01 Å². The Morgan fingerprint density at radius 2 is 2.33 bits per heavy atom. The third-order valence-electron chi connectivity index (χ3n) is 3.09. The highest BCUT2D eigenvalue weighted by molar-refractivity contribution is 5.78. The number of carbonyl (C=O) groups is 1. The molecule has 0 aromatic carbocycles. The fourth-order valence-corrected chi connectivity index (χ4v) is 1.80. The normalized spacial score (nSPS) is 14.9. The summed E-state index contributed by atoms with van der Waals surface area (Å²) < 4.78 is 6.61. The van der Waals surface area contributed by atoms with Gasteiger partial charge in [0.15, 0.2) is 0 Å². The quantitative estimate of drug-likeness (QED) is 0.874. The fraction of sp³-hybridized carbons (Fsp3) is 0.692. The lowest BCUT2D eigenvalue weighted by Crippen LogP contribution is -2.29. The molecule has 1 aliphatic carbocycles. The third kappa shape index (κ3) is 3.03. The van der Waals surface area contributed by atoms with Crippen LogP contribution in [0.25, 0.3) is 0 Å². The van der Waals surface area contributed by atoms with Crippen molar-refractivity contribution >= 4 is 6.03 Å². The Morgan fingerprint density at radius 3 is 2.89 bits per heavy atom. The Labute approximate surface area is 108 Å². The van der Waals surface area contributed by atoms with E-state index in [0.717, 1.165) is 25.0 Å². The SMILES string of the molecule is COc1nc(C2CC2)cn1C(=O)NCCC(C)C. The number of nitrogens with zero attached hydrogens (tertiary/aromatic N) is 2. The van der Waals surface area contributed by atoms with Gasteiger partial charge in [0, 0.05) is 18.7 Å². The molecule has 0 spiro atoms. The summed E-state index contributed by atoms with van der Waals surface area (Å²) in [6.07, 6.45) is 5.09. The van der Waals surface area contributed by atoms with Gasteiger partial charge < -0.3 is 10.1 Å². The van der Waals surface area contributed by atoms with Crippen LogP contribution < -0.4 is 10.1 Å². The molecule has 0 aliphatic heterocycles. The highest BCUT2D eigenvalue weighted by atomic mass is 16.5. The number of imidazole rings is 1. The van der Waals surface area contributed by atoms with Crippen LogP contribution in [0.15, 0.2) is 6.20 Å². The second-order valence-electron chi connectivity index (χ2n) is 5.21. The second-order valence-corrected chi connectivity index (χ2v) is 5.21. The minimum atomic E-state index is -0.160.